The molecule has 0 aliphatic heterocycles. The predicted molar refractivity (Wildman–Crippen MR) is 187 cm³/mol. The molecule has 43 heavy (non-hydrogen) atoms. The topological polar surface area (TPSA) is 25.8 Å². The van der Waals surface area contributed by atoms with Crippen LogP contribution in [0.15, 0.2) is 158 Å². The lowest BCUT2D eigenvalue weighted by Gasteiger charge is -2.34. The highest BCUT2D eigenvalue weighted by molar-refractivity contribution is 7.22. The molecule has 0 saturated heterocycles. The lowest BCUT2D eigenvalue weighted by molar-refractivity contribution is 1.48. The summed E-state index contributed by atoms with van der Waals surface area (Å²) in [4.78, 5) is 9.86. The standard InChI is InChI=1S/C38H26N2S2Si/c1-3-11-29(12-4-1)43(30-13-5-2-6-14-30,31-23-19-27(20-24-31)37-39-33-15-7-9-17-35(33)41-37)32-25-21-28(22-26-32)38-40-34-16-8-10-18-36(34)42-38/h1-26H. The van der Waals surface area contributed by atoms with Gasteiger partial charge in [-0.3, -0.25) is 0 Å². The predicted octanol–water partition coefficient (Wildman–Crippen LogP) is 7.62. The summed E-state index contributed by atoms with van der Waals surface area (Å²) in [6, 6.07) is 57.3. The van der Waals surface area contributed by atoms with Crippen molar-refractivity contribution in [3.63, 3.8) is 0 Å². The molecule has 5 heteroatoms. The van der Waals surface area contributed by atoms with E-state index in [0.717, 1.165) is 32.2 Å². The summed E-state index contributed by atoms with van der Waals surface area (Å²) in [5.41, 5.74) is 4.41. The van der Waals surface area contributed by atoms with E-state index < -0.39 is 8.07 Å². The Morgan fingerprint density at radius 1 is 0.349 bits per heavy atom. The molecule has 0 radical (unpaired) electrons. The van der Waals surface area contributed by atoms with Gasteiger partial charge in [0, 0.05) is 11.1 Å². The number of para-hydroxylation sites is 2. The van der Waals surface area contributed by atoms with Crippen LogP contribution in [0.2, 0.25) is 0 Å². The monoisotopic (exact) mass is 602 g/mol. The molecule has 0 unspecified atom stereocenters. The maximum Gasteiger partial charge on any atom is 0.179 e. The highest BCUT2D eigenvalue weighted by atomic mass is 32.1. The smallest absolute Gasteiger partial charge is 0.179 e. The van der Waals surface area contributed by atoms with Crippen molar-refractivity contribution in [2.75, 3.05) is 0 Å². The Bertz CT molecular complexity index is 1940. The molecule has 0 spiro atoms. The number of thiazole rings is 2. The Kier molecular flexibility index (Phi) is 6.56. The Hall–Kier alpha value is -4.68. The number of nitrogens with zero attached hydrogens (tertiary/aromatic N) is 2. The molecule has 0 atom stereocenters. The van der Waals surface area contributed by atoms with Gasteiger partial charge < -0.3 is 0 Å². The van der Waals surface area contributed by atoms with Crippen LogP contribution in [0.25, 0.3) is 41.6 Å². The van der Waals surface area contributed by atoms with Gasteiger partial charge in [0.2, 0.25) is 0 Å². The summed E-state index contributed by atoms with van der Waals surface area (Å²) in [6.45, 7) is 0. The van der Waals surface area contributed by atoms with Crippen LogP contribution in [0.1, 0.15) is 0 Å². The third-order valence-corrected chi connectivity index (χ3v) is 15.1. The van der Waals surface area contributed by atoms with Crippen LogP contribution in [0.4, 0.5) is 0 Å². The first-order chi connectivity index (χ1) is 21.3. The maximum atomic E-state index is 4.93. The molecule has 0 aliphatic carbocycles. The fourth-order valence-electron chi connectivity index (χ4n) is 6.09. The van der Waals surface area contributed by atoms with E-state index in [4.69, 9.17) is 9.97 Å². The van der Waals surface area contributed by atoms with Crippen LogP contribution >= 0.6 is 22.7 Å². The summed E-state index contributed by atoms with van der Waals surface area (Å²) >= 11 is 3.50. The quantitative estimate of drug-likeness (QED) is 0.145. The molecule has 0 fully saturated rings. The van der Waals surface area contributed by atoms with Gasteiger partial charge in [-0.05, 0) is 45.0 Å². The molecule has 2 nitrogen and oxygen atoms in total. The minimum Gasteiger partial charge on any atom is -0.236 e. The van der Waals surface area contributed by atoms with E-state index in [9.17, 15) is 0 Å². The number of fused-ring (bicyclic) bond motifs is 2. The van der Waals surface area contributed by atoms with E-state index in [2.05, 4.69) is 158 Å². The highest BCUT2D eigenvalue weighted by Gasteiger charge is 2.41. The first-order valence-corrected chi connectivity index (χ1v) is 18.0. The van der Waals surface area contributed by atoms with E-state index in [1.54, 1.807) is 22.7 Å². The highest BCUT2D eigenvalue weighted by Crippen LogP contribution is 2.31. The van der Waals surface area contributed by atoms with Crippen molar-refractivity contribution < 1.29 is 0 Å². The average Bonchev–Trinajstić information content (AvgIpc) is 3.72. The molecule has 0 aliphatic rings. The normalized spacial score (nSPS) is 11.7. The van der Waals surface area contributed by atoms with Crippen LogP contribution in [0, 0.1) is 0 Å². The molecule has 0 bridgehead atoms. The first-order valence-electron chi connectivity index (χ1n) is 14.3. The van der Waals surface area contributed by atoms with Crippen LogP contribution in [0.3, 0.4) is 0 Å². The summed E-state index contributed by atoms with van der Waals surface area (Å²) in [5.74, 6) is 0. The van der Waals surface area contributed by atoms with Crippen LogP contribution < -0.4 is 20.7 Å². The summed E-state index contributed by atoms with van der Waals surface area (Å²) in [6.07, 6.45) is 0. The van der Waals surface area contributed by atoms with Crippen LogP contribution in [-0.2, 0) is 0 Å². The van der Waals surface area contributed by atoms with Gasteiger partial charge in [0.1, 0.15) is 10.0 Å². The second-order valence-corrected chi connectivity index (χ2v) is 16.5. The fourth-order valence-corrected chi connectivity index (χ4v) is 12.8. The number of benzene rings is 6. The van der Waals surface area contributed by atoms with Gasteiger partial charge >= 0.3 is 0 Å². The average molecular weight is 603 g/mol. The summed E-state index contributed by atoms with van der Waals surface area (Å²) in [7, 11) is -2.65. The van der Waals surface area contributed by atoms with Crippen LogP contribution in [0.5, 0.6) is 0 Å². The zero-order valence-electron chi connectivity index (χ0n) is 23.2. The Balaban J connectivity index is 1.30. The molecule has 8 aromatic rings. The number of aromatic nitrogens is 2. The van der Waals surface area contributed by atoms with Gasteiger partial charge in [-0.15, -0.1) is 22.7 Å². The first kappa shape index (κ1) is 26.0. The van der Waals surface area contributed by atoms with Crippen molar-refractivity contribution in [1.29, 1.82) is 0 Å². The SMILES string of the molecule is c1ccc([Si](c2ccccc2)(c2ccc(-c3nc4ccccc4s3)cc2)c2ccc(-c3nc4ccccc4s3)cc2)cc1. The molecular weight excluding hydrogens is 577 g/mol. The third kappa shape index (κ3) is 4.53. The van der Waals surface area contributed by atoms with E-state index in [1.807, 2.05) is 0 Å². The van der Waals surface area contributed by atoms with Crippen molar-refractivity contribution in [3.8, 4) is 21.1 Å². The van der Waals surface area contributed by atoms with Crippen molar-refractivity contribution in [3.05, 3.63) is 158 Å². The summed E-state index contributed by atoms with van der Waals surface area (Å²) < 4.78 is 2.43. The van der Waals surface area contributed by atoms with E-state index in [0.29, 0.717) is 0 Å². The summed E-state index contributed by atoms with van der Waals surface area (Å²) in [5, 5.41) is 7.53. The van der Waals surface area contributed by atoms with Gasteiger partial charge in [0.25, 0.3) is 0 Å². The zero-order valence-corrected chi connectivity index (χ0v) is 25.9. The van der Waals surface area contributed by atoms with Gasteiger partial charge in [-0.25, -0.2) is 9.97 Å². The Labute approximate surface area is 259 Å². The van der Waals surface area contributed by atoms with Crippen molar-refractivity contribution in [1.82, 2.24) is 9.97 Å². The Morgan fingerprint density at radius 2 is 0.698 bits per heavy atom. The van der Waals surface area contributed by atoms with Gasteiger partial charge in [-0.1, -0.05) is 133 Å². The molecule has 0 saturated carbocycles. The lowest BCUT2D eigenvalue weighted by Crippen LogP contribution is -2.74. The number of hydrogen-bond donors (Lipinski definition) is 0. The minimum atomic E-state index is -2.65. The molecule has 8 rings (SSSR count). The van der Waals surface area contributed by atoms with Crippen molar-refractivity contribution in [2.24, 2.45) is 0 Å². The minimum absolute atomic E-state index is 1.05. The molecule has 204 valence electrons. The van der Waals surface area contributed by atoms with Gasteiger partial charge in [0.15, 0.2) is 8.07 Å². The van der Waals surface area contributed by atoms with Crippen LogP contribution in [-0.4, -0.2) is 18.0 Å². The fraction of sp³-hybridized carbons (Fsp3) is 0. The maximum absolute atomic E-state index is 4.93. The molecule has 0 N–H and O–H groups in total. The van der Waals surface area contributed by atoms with Gasteiger partial charge in [-0.2, -0.15) is 0 Å². The zero-order chi connectivity index (χ0) is 28.6. The lowest BCUT2D eigenvalue weighted by atomic mass is 10.2. The van der Waals surface area contributed by atoms with Crippen molar-refractivity contribution >= 4 is 71.9 Å². The third-order valence-electron chi connectivity index (χ3n) is 8.13. The number of rotatable bonds is 6. The molecule has 2 aromatic heterocycles. The molecule has 2 heterocycles. The van der Waals surface area contributed by atoms with E-state index in [-0.39, 0.29) is 0 Å². The van der Waals surface area contributed by atoms with Gasteiger partial charge in [0.05, 0.1) is 20.4 Å². The molecule has 0 amide bonds. The Morgan fingerprint density at radius 3 is 1.09 bits per heavy atom. The van der Waals surface area contributed by atoms with E-state index >= 15 is 0 Å². The molecular formula is C38H26N2S2Si. The van der Waals surface area contributed by atoms with Crippen molar-refractivity contribution in [2.45, 2.75) is 0 Å². The largest absolute Gasteiger partial charge is 0.236 e. The molecule has 6 aromatic carbocycles. The second kappa shape index (κ2) is 10.9. The van der Waals surface area contributed by atoms with E-state index in [1.165, 1.54) is 30.1 Å². The number of hydrogen-bond acceptors (Lipinski definition) is 4. The second-order valence-electron chi connectivity index (χ2n) is 10.6.